The first-order chi connectivity index (χ1) is 15.0. The van der Waals surface area contributed by atoms with E-state index in [4.69, 9.17) is 13.9 Å². The van der Waals surface area contributed by atoms with Gasteiger partial charge in [-0.3, -0.25) is 4.68 Å². The summed E-state index contributed by atoms with van der Waals surface area (Å²) in [7, 11) is 1.54. The number of carbonyl (C=O) groups excluding carboxylic acids is 1. The Bertz CT molecular complexity index is 1310. The minimum atomic E-state index is -0.519. The molecule has 0 aliphatic carbocycles. The fourth-order valence-corrected chi connectivity index (χ4v) is 3.57. The zero-order valence-electron chi connectivity index (χ0n) is 17.5. The van der Waals surface area contributed by atoms with Crippen molar-refractivity contribution in [2.75, 3.05) is 7.11 Å². The Balaban J connectivity index is 1.56. The Morgan fingerprint density at radius 3 is 2.61 bits per heavy atom. The van der Waals surface area contributed by atoms with Crippen molar-refractivity contribution in [1.82, 2.24) is 9.78 Å². The summed E-state index contributed by atoms with van der Waals surface area (Å²) < 4.78 is 17.8. The molecule has 0 aliphatic heterocycles. The lowest BCUT2D eigenvalue weighted by Crippen LogP contribution is -2.10. The predicted molar refractivity (Wildman–Crippen MR) is 115 cm³/mol. The molecule has 2 aromatic carbocycles. The van der Waals surface area contributed by atoms with E-state index in [0.717, 1.165) is 11.3 Å². The summed E-state index contributed by atoms with van der Waals surface area (Å²) in [6.45, 7) is 4.13. The number of hydrogen-bond acceptors (Lipinski definition) is 6. The van der Waals surface area contributed by atoms with Crippen molar-refractivity contribution < 1.29 is 18.7 Å². The molecule has 0 unspecified atom stereocenters. The second-order valence-electron chi connectivity index (χ2n) is 7.22. The fraction of sp³-hybridized carbons (Fsp3) is 0.208. The van der Waals surface area contributed by atoms with E-state index in [2.05, 4.69) is 5.10 Å². The summed E-state index contributed by atoms with van der Waals surface area (Å²) in [5.74, 6) is 0.0890. The largest absolute Gasteiger partial charge is 0.497 e. The lowest BCUT2D eigenvalue weighted by atomic mass is 10.1. The molecule has 0 fully saturated rings. The molecule has 0 radical (unpaired) electrons. The summed E-state index contributed by atoms with van der Waals surface area (Å²) in [5, 5.41) is 5.18. The maximum Gasteiger partial charge on any atom is 0.342 e. The number of hydrogen-bond donors (Lipinski definition) is 0. The van der Waals surface area contributed by atoms with Gasteiger partial charge in [0.25, 0.3) is 0 Å². The van der Waals surface area contributed by atoms with Crippen LogP contribution in [0.5, 0.6) is 5.75 Å². The van der Waals surface area contributed by atoms with E-state index in [9.17, 15) is 9.59 Å². The minimum absolute atomic E-state index is 0.0595. The average Bonchev–Trinajstić information content (AvgIpc) is 3.04. The highest BCUT2D eigenvalue weighted by molar-refractivity contribution is 5.92. The van der Waals surface area contributed by atoms with Crippen molar-refractivity contribution in [3.05, 3.63) is 93.1 Å². The van der Waals surface area contributed by atoms with E-state index in [0.29, 0.717) is 40.1 Å². The molecule has 0 bridgehead atoms. The number of rotatable bonds is 6. The molecule has 4 rings (SSSR count). The average molecular weight is 418 g/mol. The number of methoxy groups -OCH3 is 1. The highest BCUT2D eigenvalue weighted by Crippen LogP contribution is 2.24. The van der Waals surface area contributed by atoms with E-state index < -0.39 is 11.6 Å². The Hall–Kier alpha value is -3.87. The van der Waals surface area contributed by atoms with Crippen molar-refractivity contribution in [2.45, 2.75) is 27.0 Å². The molecule has 0 amide bonds. The van der Waals surface area contributed by atoms with Crippen LogP contribution in [0, 0.1) is 13.8 Å². The van der Waals surface area contributed by atoms with Crippen LogP contribution < -0.4 is 10.4 Å². The van der Waals surface area contributed by atoms with Crippen LogP contribution in [0.4, 0.5) is 0 Å². The molecule has 7 nitrogen and oxygen atoms in total. The molecule has 0 spiro atoms. The SMILES string of the molecule is COc1ccc2c(COC(=O)c3c(C)nn(Cc4ccccc4)c3C)cc(=O)oc2c1. The zero-order valence-corrected chi connectivity index (χ0v) is 17.5. The fourth-order valence-electron chi connectivity index (χ4n) is 3.57. The summed E-state index contributed by atoms with van der Waals surface area (Å²) in [6, 6.07) is 16.4. The monoisotopic (exact) mass is 418 g/mol. The van der Waals surface area contributed by atoms with Crippen LogP contribution >= 0.6 is 0 Å². The molecule has 0 saturated carbocycles. The summed E-state index contributed by atoms with van der Waals surface area (Å²) in [4.78, 5) is 24.8. The Kier molecular flexibility index (Phi) is 5.58. The van der Waals surface area contributed by atoms with E-state index in [1.54, 1.807) is 29.8 Å². The first-order valence-corrected chi connectivity index (χ1v) is 9.82. The van der Waals surface area contributed by atoms with Crippen LogP contribution in [0.25, 0.3) is 11.0 Å². The molecule has 2 aromatic heterocycles. The first-order valence-electron chi connectivity index (χ1n) is 9.82. The van der Waals surface area contributed by atoms with Crippen LogP contribution in [0.3, 0.4) is 0 Å². The molecule has 158 valence electrons. The lowest BCUT2D eigenvalue weighted by molar-refractivity contribution is 0.0472. The molecule has 2 heterocycles. The molecule has 4 aromatic rings. The molecule has 0 aliphatic rings. The Morgan fingerprint density at radius 1 is 1.10 bits per heavy atom. The number of carbonyl (C=O) groups is 1. The van der Waals surface area contributed by atoms with Gasteiger partial charge in [-0.1, -0.05) is 30.3 Å². The summed E-state index contributed by atoms with van der Waals surface area (Å²) in [5.41, 5.74) is 3.27. The van der Waals surface area contributed by atoms with Gasteiger partial charge in [-0.15, -0.1) is 0 Å². The van der Waals surface area contributed by atoms with Crippen LogP contribution in [0.1, 0.15) is 32.9 Å². The van der Waals surface area contributed by atoms with Crippen LogP contribution in [-0.2, 0) is 17.9 Å². The van der Waals surface area contributed by atoms with E-state index >= 15 is 0 Å². The molecule has 7 heteroatoms. The third-order valence-electron chi connectivity index (χ3n) is 5.16. The number of aryl methyl sites for hydroxylation is 1. The lowest BCUT2D eigenvalue weighted by Gasteiger charge is -2.09. The maximum absolute atomic E-state index is 12.8. The van der Waals surface area contributed by atoms with Gasteiger partial charge in [-0.2, -0.15) is 5.10 Å². The molecule has 31 heavy (non-hydrogen) atoms. The highest BCUT2D eigenvalue weighted by Gasteiger charge is 2.21. The topological polar surface area (TPSA) is 83.6 Å². The van der Waals surface area contributed by atoms with Crippen molar-refractivity contribution in [2.24, 2.45) is 0 Å². The Labute approximate surface area is 178 Å². The number of esters is 1. The van der Waals surface area contributed by atoms with Gasteiger partial charge < -0.3 is 13.9 Å². The van der Waals surface area contributed by atoms with Crippen molar-refractivity contribution in [3.63, 3.8) is 0 Å². The van der Waals surface area contributed by atoms with Crippen LogP contribution in [-0.4, -0.2) is 22.9 Å². The highest BCUT2D eigenvalue weighted by atomic mass is 16.5. The molecule has 0 N–H and O–H groups in total. The number of benzene rings is 2. The van der Waals surface area contributed by atoms with Gasteiger partial charge in [0.15, 0.2) is 0 Å². The number of nitrogens with zero attached hydrogens (tertiary/aromatic N) is 2. The van der Waals surface area contributed by atoms with Crippen molar-refractivity contribution in [1.29, 1.82) is 0 Å². The quantitative estimate of drug-likeness (QED) is 0.347. The number of ether oxygens (including phenoxy) is 2. The van der Waals surface area contributed by atoms with Gasteiger partial charge in [-0.05, 0) is 31.5 Å². The third-order valence-corrected chi connectivity index (χ3v) is 5.16. The summed E-state index contributed by atoms with van der Waals surface area (Å²) in [6.07, 6.45) is 0. The van der Waals surface area contributed by atoms with Gasteiger partial charge in [-0.25, -0.2) is 9.59 Å². The van der Waals surface area contributed by atoms with E-state index in [1.165, 1.54) is 13.2 Å². The molecule has 0 atom stereocenters. The van der Waals surface area contributed by atoms with Gasteiger partial charge in [0.2, 0.25) is 0 Å². The molecule has 0 saturated heterocycles. The van der Waals surface area contributed by atoms with Gasteiger partial charge >= 0.3 is 11.6 Å². The normalized spacial score (nSPS) is 10.9. The van der Waals surface area contributed by atoms with Gasteiger partial charge in [0.05, 0.1) is 25.0 Å². The smallest absolute Gasteiger partial charge is 0.342 e. The third kappa shape index (κ3) is 4.21. The zero-order chi connectivity index (χ0) is 22.0. The van der Waals surface area contributed by atoms with Gasteiger partial charge in [0, 0.05) is 23.1 Å². The van der Waals surface area contributed by atoms with E-state index in [1.807, 2.05) is 37.3 Å². The first kappa shape index (κ1) is 20.4. The van der Waals surface area contributed by atoms with E-state index in [-0.39, 0.29) is 6.61 Å². The molecular weight excluding hydrogens is 396 g/mol. The minimum Gasteiger partial charge on any atom is -0.497 e. The van der Waals surface area contributed by atoms with Crippen LogP contribution in [0.15, 0.2) is 63.8 Å². The number of fused-ring (bicyclic) bond motifs is 1. The Morgan fingerprint density at radius 2 is 1.87 bits per heavy atom. The van der Waals surface area contributed by atoms with Crippen LogP contribution in [0.2, 0.25) is 0 Å². The molecular formula is C24H22N2O5. The van der Waals surface area contributed by atoms with Crippen molar-refractivity contribution >= 4 is 16.9 Å². The number of aromatic nitrogens is 2. The summed E-state index contributed by atoms with van der Waals surface area (Å²) >= 11 is 0. The standard InChI is InChI=1S/C24H22N2O5/c1-15-23(16(2)26(25-15)13-17-7-5-4-6-8-17)24(28)30-14-18-11-22(27)31-21-12-19(29-3)9-10-20(18)21/h4-12H,13-14H2,1-3H3. The second-order valence-corrected chi connectivity index (χ2v) is 7.22. The predicted octanol–water partition coefficient (Wildman–Crippen LogP) is 4.02. The van der Waals surface area contributed by atoms with Crippen molar-refractivity contribution in [3.8, 4) is 5.75 Å². The maximum atomic E-state index is 12.8. The van der Waals surface area contributed by atoms with Gasteiger partial charge in [0.1, 0.15) is 23.5 Å². The second kappa shape index (κ2) is 8.47.